The lowest BCUT2D eigenvalue weighted by Gasteiger charge is -2.49. The molecule has 4 aliphatic heterocycles. The van der Waals surface area contributed by atoms with Crippen LogP contribution in [0, 0.1) is 0 Å². The molecule has 3 saturated heterocycles. The number of carbonyl (C=O) groups excluding carboxylic acids is 4. The van der Waals surface area contributed by atoms with Crippen LogP contribution in [-0.4, -0.2) is 89.4 Å². The maximum atomic E-state index is 13.3. The summed E-state index contributed by atoms with van der Waals surface area (Å²) in [5.41, 5.74) is 0.211. The van der Waals surface area contributed by atoms with E-state index < -0.39 is 5.66 Å². The topological polar surface area (TPSA) is 90.5 Å². The monoisotopic (exact) mass is 440 g/mol. The lowest BCUT2D eigenvalue weighted by Crippen LogP contribution is -2.64. The zero-order valence-corrected chi connectivity index (χ0v) is 18.3. The highest BCUT2D eigenvalue weighted by molar-refractivity contribution is 6.11. The molecule has 2 unspecified atom stereocenters. The third-order valence-corrected chi connectivity index (χ3v) is 7.19. The first-order valence-electron chi connectivity index (χ1n) is 11.3. The van der Waals surface area contributed by atoms with Gasteiger partial charge in [-0.3, -0.25) is 24.1 Å². The van der Waals surface area contributed by atoms with Gasteiger partial charge in [0, 0.05) is 39.2 Å². The van der Waals surface area contributed by atoms with E-state index in [1.165, 1.54) is 0 Å². The van der Waals surface area contributed by atoms with Gasteiger partial charge < -0.3 is 19.4 Å². The number of hydrogen-bond acceptors (Lipinski definition) is 5. The lowest BCUT2D eigenvalue weighted by molar-refractivity contribution is -0.146. The maximum Gasteiger partial charge on any atom is 0.258 e. The average Bonchev–Trinajstić information content (AvgIpc) is 3.45. The van der Waals surface area contributed by atoms with Gasteiger partial charge in [-0.1, -0.05) is 12.1 Å². The summed E-state index contributed by atoms with van der Waals surface area (Å²) in [6.45, 7) is 4.17. The third kappa shape index (κ3) is 3.26. The first kappa shape index (κ1) is 20.9. The molecule has 0 aliphatic carbocycles. The number of amides is 4. The summed E-state index contributed by atoms with van der Waals surface area (Å²) < 4.78 is 5.50. The number of para-hydroxylation sites is 1. The van der Waals surface area contributed by atoms with Gasteiger partial charge in [-0.2, -0.15) is 0 Å². The van der Waals surface area contributed by atoms with E-state index in [9.17, 15) is 19.2 Å². The molecule has 4 amide bonds. The Bertz CT molecular complexity index is 967. The summed E-state index contributed by atoms with van der Waals surface area (Å²) in [5, 5.41) is 0. The number of piperazine rings is 1. The summed E-state index contributed by atoms with van der Waals surface area (Å²) in [5.74, 6) is -0.423. The largest absolute Gasteiger partial charge is 0.368 e. The lowest BCUT2D eigenvalue weighted by atomic mass is 9.98. The Hall–Kier alpha value is -2.94. The molecule has 32 heavy (non-hydrogen) atoms. The standard InChI is InChI=1S/C23H28N4O5/c1-23-9-8-19(28)27(23)17-6-3-2-5-16(17)21(30)26(23)15-20(29)24-10-12-25(13-11-24)22(31)18-7-4-14-32-18/h2-3,5-6,18H,4,7-15H2,1H3. The summed E-state index contributed by atoms with van der Waals surface area (Å²) in [6, 6.07) is 7.08. The molecule has 1 aromatic carbocycles. The summed E-state index contributed by atoms with van der Waals surface area (Å²) in [4.78, 5) is 58.4. The van der Waals surface area contributed by atoms with Crippen molar-refractivity contribution in [1.29, 1.82) is 0 Å². The first-order chi connectivity index (χ1) is 15.4. The van der Waals surface area contributed by atoms with E-state index >= 15 is 0 Å². The van der Waals surface area contributed by atoms with Crippen LogP contribution in [0.1, 0.15) is 43.0 Å². The molecule has 9 heteroatoms. The molecule has 5 rings (SSSR count). The van der Waals surface area contributed by atoms with Crippen molar-refractivity contribution in [1.82, 2.24) is 14.7 Å². The Kier molecular flexibility index (Phi) is 5.16. The Labute approximate surface area is 186 Å². The van der Waals surface area contributed by atoms with E-state index in [-0.39, 0.29) is 36.3 Å². The van der Waals surface area contributed by atoms with Gasteiger partial charge in [-0.25, -0.2) is 0 Å². The molecule has 4 heterocycles. The fourth-order valence-corrected chi connectivity index (χ4v) is 5.33. The van der Waals surface area contributed by atoms with Gasteiger partial charge >= 0.3 is 0 Å². The highest BCUT2D eigenvalue weighted by Crippen LogP contribution is 2.43. The van der Waals surface area contributed by atoms with Gasteiger partial charge in [0.05, 0.1) is 11.3 Å². The van der Waals surface area contributed by atoms with Crippen molar-refractivity contribution in [2.45, 2.75) is 44.4 Å². The second kappa shape index (κ2) is 7.88. The van der Waals surface area contributed by atoms with E-state index in [1.807, 2.05) is 13.0 Å². The number of hydrogen-bond donors (Lipinski definition) is 0. The first-order valence-corrected chi connectivity index (χ1v) is 11.3. The van der Waals surface area contributed by atoms with E-state index in [0.717, 1.165) is 12.8 Å². The minimum Gasteiger partial charge on any atom is -0.368 e. The van der Waals surface area contributed by atoms with Crippen molar-refractivity contribution in [2.24, 2.45) is 0 Å². The van der Waals surface area contributed by atoms with Crippen LogP contribution >= 0.6 is 0 Å². The second-order valence-corrected chi connectivity index (χ2v) is 9.06. The van der Waals surface area contributed by atoms with Gasteiger partial charge in [0.15, 0.2) is 0 Å². The molecule has 4 aliphatic rings. The Morgan fingerprint density at radius 3 is 2.53 bits per heavy atom. The molecule has 3 fully saturated rings. The molecule has 0 aromatic heterocycles. The van der Waals surface area contributed by atoms with Crippen molar-refractivity contribution >= 4 is 29.3 Å². The molecule has 2 atom stereocenters. The molecule has 0 N–H and O–H groups in total. The number of ether oxygens (including phenoxy) is 1. The minimum atomic E-state index is -0.851. The number of carbonyl (C=O) groups is 4. The predicted molar refractivity (Wildman–Crippen MR) is 115 cm³/mol. The molecule has 1 aromatic rings. The van der Waals surface area contributed by atoms with E-state index in [4.69, 9.17) is 4.74 Å². The van der Waals surface area contributed by atoms with Crippen LogP contribution < -0.4 is 4.90 Å². The second-order valence-electron chi connectivity index (χ2n) is 9.06. The SMILES string of the molecule is CC12CCC(=O)N1c1ccccc1C(=O)N2CC(=O)N1CCN(C(=O)C2CCCO2)CC1. The molecule has 0 bridgehead atoms. The van der Waals surface area contributed by atoms with Crippen molar-refractivity contribution in [2.75, 3.05) is 44.2 Å². The third-order valence-electron chi connectivity index (χ3n) is 7.19. The van der Waals surface area contributed by atoms with E-state index in [0.29, 0.717) is 56.9 Å². The minimum absolute atomic E-state index is 0.00466. The summed E-state index contributed by atoms with van der Waals surface area (Å²) in [6.07, 6.45) is 2.13. The van der Waals surface area contributed by atoms with Gasteiger partial charge in [0.2, 0.25) is 11.8 Å². The van der Waals surface area contributed by atoms with Crippen LogP contribution in [0.3, 0.4) is 0 Å². The van der Waals surface area contributed by atoms with Crippen LogP contribution in [0.4, 0.5) is 5.69 Å². The Morgan fingerprint density at radius 1 is 1.09 bits per heavy atom. The van der Waals surface area contributed by atoms with E-state index in [1.54, 1.807) is 37.8 Å². The summed E-state index contributed by atoms with van der Waals surface area (Å²) >= 11 is 0. The number of anilines is 1. The highest BCUT2D eigenvalue weighted by atomic mass is 16.5. The smallest absolute Gasteiger partial charge is 0.258 e. The number of benzene rings is 1. The molecular formula is C23H28N4O5. The van der Waals surface area contributed by atoms with Gasteiger partial charge in [0.25, 0.3) is 11.8 Å². The summed E-state index contributed by atoms with van der Waals surface area (Å²) in [7, 11) is 0. The van der Waals surface area contributed by atoms with Crippen LogP contribution in [0.2, 0.25) is 0 Å². The quantitative estimate of drug-likeness (QED) is 0.695. The molecule has 9 nitrogen and oxygen atoms in total. The van der Waals surface area contributed by atoms with Gasteiger partial charge in [0.1, 0.15) is 18.3 Å². The van der Waals surface area contributed by atoms with Crippen molar-refractivity contribution < 1.29 is 23.9 Å². The predicted octanol–water partition coefficient (Wildman–Crippen LogP) is 0.835. The van der Waals surface area contributed by atoms with Crippen molar-refractivity contribution in [3.05, 3.63) is 29.8 Å². The van der Waals surface area contributed by atoms with Gasteiger partial charge in [-0.15, -0.1) is 0 Å². The van der Waals surface area contributed by atoms with Gasteiger partial charge in [-0.05, 0) is 38.3 Å². The number of nitrogens with zero attached hydrogens (tertiary/aromatic N) is 4. The fourth-order valence-electron chi connectivity index (χ4n) is 5.33. The molecule has 0 radical (unpaired) electrons. The molecule has 0 saturated carbocycles. The highest BCUT2D eigenvalue weighted by Gasteiger charge is 2.53. The molecular weight excluding hydrogens is 412 g/mol. The van der Waals surface area contributed by atoms with Crippen LogP contribution in [0.5, 0.6) is 0 Å². The van der Waals surface area contributed by atoms with Crippen LogP contribution in [-0.2, 0) is 19.1 Å². The van der Waals surface area contributed by atoms with Crippen molar-refractivity contribution in [3.63, 3.8) is 0 Å². The zero-order valence-electron chi connectivity index (χ0n) is 18.3. The molecule has 170 valence electrons. The maximum absolute atomic E-state index is 13.3. The zero-order chi connectivity index (χ0) is 22.5. The van der Waals surface area contributed by atoms with Crippen LogP contribution in [0.15, 0.2) is 24.3 Å². The number of rotatable bonds is 3. The normalized spacial score (nSPS) is 27.6. The number of fused-ring (bicyclic) bond motifs is 3. The average molecular weight is 441 g/mol. The Balaban J connectivity index is 1.29. The van der Waals surface area contributed by atoms with Crippen LogP contribution in [0.25, 0.3) is 0 Å². The molecule has 0 spiro atoms. The van der Waals surface area contributed by atoms with E-state index in [2.05, 4.69) is 0 Å². The fraction of sp³-hybridized carbons (Fsp3) is 0.565. The van der Waals surface area contributed by atoms with Crippen molar-refractivity contribution in [3.8, 4) is 0 Å². The Morgan fingerprint density at radius 2 is 1.81 bits per heavy atom.